The molecule has 2 saturated heterocycles. The number of carbonyl (C=O) groups excluding carboxylic acids is 1. The topological polar surface area (TPSA) is 75.5 Å². The number of benzene rings is 2. The number of thioether (sulfide) groups is 1. The van der Waals surface area contributed by atoms with E-state index in [0.29, 0.717) is 33.6 Å². The summed E-state index contributed by atoms with van der Waals surface area (Å²) in [6.45, 7) is 1.09. The lowest BCUT2D eigenvalue weighted by atomic mass is 10.1. The highest BCUT2D eigenvalue weighted by molar-refractivity contribution is 8.26. The lowest BCUT2D eigenvalue weighted by molar-refractivity contribution is -0.123. The normalized spacial score (nSPS) is 20.5. The van der Waals surface area contributed by atoms with E-state index in [2.05, 4.69) is 0 Å². The number of sulfonamides is 1. The van der Waals surface area contributed by atoms with Crippen LogP contribution in [-0.4, -0.2) is 56.8 Å². The van der Waals surface area contributed by atoms with Crippen molar-refractivity contribution in [2.24, 2.45) is 0 Å². The second-order valence-corrected chi connectivity index (χ2v) is 14.2. The Bertz CT molecular complexity index is 1550. The van der Waals surface area contributed by atoms with Gasteiger partial charge in [-0.25, -0.2) is 13.1 Å². The van der Waals surface area contributed by atoms with Crippen molar-refractivity contribution in [3.63, 3.8) is 0 Å². The van der Waals surface area contributed by atoms with Gasteiger partial charge < -0.3 is 0 Å². The third-order valence-electron chi connectivity index (χ3n) is 7.87. The van der Waals surface area contributed by atoms with Crippen molar-refractivity contribution >= 4 is 50.3 Å². The summed E-state index contributed by atoms with van der Waals surface area (Å²) < 4.78 is 31.1. The average Bonchev–Trinajstić information content (AvgIpc) is 3.63. The summed E-state index contributed by atoms with van der Waals surface area (Å²) in [6, 6.07) is 16.9. The zero-order chi connectivity index (χ0) is 27.7. The second kappa shape index (κ2) is 11.6. The average molecular weight is 593 g/mol. The quantitative estimate of drug-likeness (QED) is 0.249. The van der Waals surface area contributed by atoms with E-state index in [0.717, 1.165) is 62.6 Å². The zero-order valence-corrected chi connectivity index (χ0v) is 24.7. The minimum Gasteiger partial charge on any atom is -0.290 e. The van der Waals surface area contributed by atoms with Gasteiger partial charge in [-0.05, 0) is 56.0 Å². The molecule has 0 bridgehead atoms. The van der Waals surface area contributed by atoms with E-state index in [1.807, 2.05) is 48.7 Å². The van der Waals surface area contributed by atoms with Crippen LogP contribution in [0.2, 0.25) is 0 Å². The van der Waals surface area contributed by atoms with Gasteiger partial charge in [-0.15, -0.1) is 0 Å². The molecule has 7 nitrogen and oxygen atoms in total. The fourth-order valence-corrected chi connectivity index (χ4v) is 8.72. The van der Waals surface area contributed by atoms with Gasteiger partial charge in [-0.1, -0.05) is 80.0 Å². The molecule has 0 N–H and O–H groups in total. The molecule has 0 atom stereocenters. The van der Waals surface area contributed by atoms with Gasteiger partial charge in [0.25, 0.3) is 5.91 Å². The Morgan fingerprint density at radius 1 is 0.925 bits per heavy atom. The first-order valence-electron chi connectivity index (χ1n) is 13.9. The number of aromatic nitrogens is 2. The van der Waals surface area contributed by atoms with Crippen molar-refractivity contribution in [2.75, 3.05) is 13.1 Å². The smallest absolute Gasteiger partial charge is 0.266 e. The largest absolute Gasteiger partial charge is 0.290 e. The van der Waals surface area contributed by atoms with Gasteiger partial charge in [0.05, 0.1) is 15.5 Å². The Labute approximate surface area is 245 Å². The van der Waals surface area contributed by atoms with E-state index in [1.165, 1.54) is 11.8 Å². The molecule has 3 heterocycles. The molecule has 1 aliphatic carbocycles. The van der Waals surface area contributed by atoms with Crippen LogP contribution in [0.5, 0.6) is 0 Å². The summed E-state index contributed by atoms with van der Waals surface area (Å²) in [6.07, 6.45) is 11.8. The molecule has 1 amide bonds. The van der Waals surface area contributed by atoms with Crippen LogP contribution in [0.25, 0.3) is 23.0 Å². The van der Waals surface area contributed by atoms with Gasteiger partial charge in [-0.3, -0.25) is 9.69 Å². The fraction of sp³-hybridized carbons (Fsp3) is 0.367. The molecule has 2 aliphatic heterocycles. The molecule has 3 fully saturated rings. The lowest BCUT2D eigenvalue weighted by Crippen LogP contribution is -2.36. The van der Waals surface area contributed by atoms with E-state index in [4.69, 9.17) is 17.3 Å². The molecule has 40 heavy (non-hydrogen) atoms. The third kappa shape index (κ3) is 5.42. The summed E-state index contributed by atoms with van der Waals surface area (Å²) in [7, 11) is -3.63. The number of thiocarbonyl (C=S) groups is 1. The maximum Gasteiger partial charge on any atom is 0.266 e. The maximum atomic E-state index is 13.6. The number of hydrogen-bond donors (Lipinski definition) is 0. The molecule has 1 saturated carbocycles. The highest BCUT2D eigenvalue weighted by Crippen LogP contribution is 2.39. The molecule has 2 aromatic carbocycles. The van der Waals surface area contributed by atoms with Gasteiger partial charge in [0.2, 0.25) is 10.0 Å². The summed E-state index contributed by atoms with van der Waals surface area (Å²) in [5.41, 5.74) is 2.90. The van der Waals surface area contributed by atoms with Crippen LogP contribution < -0.4 is 0 Å². The van der Waals surface area contributed by atoms with Crippen LogP contribution in [0.15, 0.2) is 70.6 Å². The van der Waals surface area contributed by atoms with Gasteiger partial charge in [0.15, 0.2) is 0 Å². The lowest BCUT2D eigenvalue weighted by Gasteiger charge is -2.21. The molecular weight excluding hydrogens is 561 g/mol. The van der Waals surface area contributed by atoms with Crippen molar-refractivity contribution in [2.45, 2.75) is 62.3 Å². The Balaban J connectivity index is 1.40. The van der Waals surface area contributed by atoms with E-state index >= 15 is 0 Å². The highest BCUT2D eigenvalue weighted by Gasteiger charge is 2.38. The molecule has 208 valence electrons. The minimum absolute atomic E-state index is 0.0576. The van der Waals surface area contributed by atoms with Gasteiger partial charge in [-0.2, -0.15) is 9.40 Å². The van der Waals surface area contributed by atoms with Crippen LogP contribution in [-0.2, 0) is 14.8 Å². The summed E-state index contributed by atoms with van der Waals surface area (Å²) in [5.74, 6) is -0.0576. The first-order valence-corrected chi connectivity index (χ1v) is 16.6. The molecular formula is C30H32N4O3S3. The number of rotatable bonds is 6. The summed E-state index contributed by atoms with van der Waals surface area (Å²) >= 11 is 6.95. The molecule has 0 radical (unpaired) electrons. The molecule has 10 heteroatoms. The molecule has 0 spiro atoms. The van der Waals surface area contributed by atoms with Crippen molar-refractivity contribution < 1.29 is 13.2 Å². The number of carbonyl (C=O) groups is 1. The number of para-hydroxylation sites is 1. The first-order chi connectivity index (χ1) is 19.4. The number of nitrogens with zero attached hydrogens (tertiary/aromatic N) is 4. The molecule has 3 aromatic rings. The van der Waals surface area contributed by atoms with E-state index in [-0.39, 0.29) is 16.8 Å². The van der Waals surface area contributed by atoms with Crippen molar-refractivity contribution in [3.05, 3.63) is 71.3 Å². The Kier molecular flexibility index (Phi) is 7.94. The van der Waals surface area contributed by atoms with Crippen molar-refractivity contribution in [1.29, 1.82) is 0 Å². The number of hydrogen-bond acceptors (Lipinski definition) is 6. The molecule has 6 rings (SSSR count). The van der Waals surface area contributed by atoms with Gasteiger partial charge in [0.1, 0.15) is 10.0 Å². The predicted molar refractivity (Wildman–Crippen MR) is 163 cm³/mol. The van der Waals surface area contributed by atoms with Crippen molar-refractivity contribution in [1.82, 2.24) is 19.0 Å². The summed E-state index contributed by atoms with van der Waals surface area (Å²) in [5, 5.41) is 4.88. The van der Waals surface area contributed by atoms with Gasteiger partial charge in [0, 0.05) is 36.5 Å². The van der Waals surface area contributed by atoms with Crippen LogP contribution in [0.4, 0.5) is 0 Å². The molecule has 3 aliphatic rings. The predicted octanol–water partition coefficient (Wildman–Crippen LogP) is 6.25. The Hall–Kier alpha value is -2.79. The summed E-state index contributed by atoms with van der Waals surface area (Å²) in [4.78, 5) is 16.1. The van der Waals surface area contributed by atoms with Crippen LogP contribution in [0.3, 0.4) is 0 Å². The Morgan fingerprint density at radius 2 is 1.65 bits per heavy atom. The minimum atomic E-state index is -3.63. The monoisotopic (exact) mass is 592 g/mol. The SMILES string of the molecule is O=C1/C(=C/c2cn(-c3ccccc3)nc2-c2cccc(S(=O)(=O)N3CCCCCC3)c2)SC(=S)N1C1CCCC1. The second-order valence-electron chi connectivity index (χ2n) is 10.5. The van der Waals surface area contributed by atoms with E-state index < -0.39 is 10.0 Å². The maximum absolute atomic E-state index is 13.6. The van der Waals surface area contributed by atoms with Gasteiger partial charge >= 0.3 is 0 Å². The fourth-order valence-electron chi connectivity index (χ4n) is 5.76. The van der Waals surface area contributed by atoms with Crippen LogP contribution in [0, 0.1) is 0 Å². The first kappa shape index (κ1) is 27.4. The van der Waals surface area contributed by atoms with Crippen molar-refractivity contribution in [3.8, 4) is 16.9 Å². The molecule has 0 unspecified atom stereocenters. The van der Waals surface area contributed by atoms with E-state index in [9.17, 15) is 13.2 Å². The van der Waals surface area contributed by atoms with Crippen LogP contribution in [0.1, 0.15) is 56.9 Å². The van der Waals surface area contributed by atoms with E-state index in [1.54, 1.807) is 32.1 Å². The van der Waals surface area contributed by atoms with Crippen LogP contribution >= 0.6 is 24.0 Å². The standard InChI is InChI=1S/C30H32N4O3S3/c35-29-27(39-30(38)34(29)25-14-6-7-15-25)20-23-21-33(24-12-4-3-5-13-24)31-28(23)22-11-10-16-26(19-22)40(36,37)32-17-8-1-2-9-18-32/h3-5,10-13,16,19-21,25H,1-2,6-9,14-15,17-18H2/b27-20-. The number of amides is 1. The highest BCUT2D eigenvalue weighted by atomic mass is 32.2. The zero-order valence-electron chi connectivity index (χ0n) is 22.2. The Morgan fingerprint density at radius 3 is 2.38 bits per heavy atom. The molecule has 1 aromatic heterocycles. The third-order valence-corrected chi connectivity index (χ3v) is 11.1.